The van der Waals surface area contributed by atoms with E-state index in [9.17, 15) is 10.2 Å². The maximum Gasteiger partial charge on any atom is 0.129 e. The zero-order valence-electron chi connectivity index (χ0n) is 14.4. The highest BCUT2D eigenvalue weighted by Crippen LogP contribution is 2.55. The molecule has 2 aliphatic rings. The second-order valence-electron chi connectivity index (χ2n) is 6.99. The molecule has 3 atom stereocenters. The van der Waals surface area contributed by atoms with Crippen LogP contribution in [0.2, 0.25) is 0 Å². The third-order valence-corrected chi connectivity index (χ3v) is 5.47. The molecule has 3 unspecified atom stereocenters. The summed E-state index contributed by atoms with van der Waals surface area (Å²) in [6, 6.07) is 10.9. The van der Waals surface area contributed by atoms with Crippen LogP contribution >= 0.6 is 0 Å². The molecule has 0 radical (unpaired) electrons. The van der Waals surface area contributed by atoms with E-state index in [1.54, 1.807) is 18.2 Å². The van der Waals surface area contributed by atoms with Crippen LogP contribution in [0.5, 0.6) is 17.2 Å². The van der Waals surface area contributed by atoms with Crippen LogP contribution in [-0.2, 0) is 11.3 Å². The highest BCUT2D eigenvalue weighted by Gasteiger charge is 2.42. The molecule has 2 aromatic carbocycles. The molecule has 0 amide bonds. The molecule has 2 N–H and O–H groups in total. The van der Waals surface area contributed by atoms with E-state index in [0.717, 1.165) is 35.3 Å². The van der Waals surface area contributed by atoms with Crippen LogP contribution in [0.15, 0.2) is 36.4 Å². The normalized spacial score (nSPS) is 24.4. The Balaban J connectivity index is 1.77. The van der Waals surface area contributed by atoms with Gasteiger partial charge in [0.15, 0.2) is 0 Å². The lowest BCUT2D eigenvalue weighted by atomic mass is 9.79. The highest BCUT2D eigenvalue weighted by molar-refractivity contribution is 5.51. The van der Waals surface area contributed by atoms with Crippen molar-refractivity contribution in [3.8, 4) is 17.2 Å². The van der Waals surface area contributed by atoms with Gasteiger partial charge in [0.2, 0.25) is 0 Å². The number of ether oxygens (including phenoxy) is 2. The van der Waals surface area contributed by atoms with Gasteiger partial charge in [0.25, 0.3) is 0 Å². The lowest BCUT2D eigenvalue weighted by molar-refractivity contribution is 0.0918. The van der Waals surface area contributed by atoms with E-state index < -0.39 is 0 Å². The Morgan fingerprint density at radius 3 is 2.64 bits per heavy atom. The van der Waals surface area contributed by atoms with Gasteiger partial charge in [-0.3, -0.25) is 0 Å². The number of phenols is 2. The Morgan fingerprint density at radius 1 is 1.08 bits per heavy atom. The van der Waals surface area contributed by atoms with Gasteiger partial charge in [0.1, 0.15) is 23.4 Å². The van der Waals surface area contributed by atoms with Gasteiger partial charge in [-0.2, -0.15) is 0 Å². The second-order valence-corrected chi connectivity index (χ2v) is 6.99. The number of hydrogen-bond donors (Lipinski definition) is 2. The number of fused-ring (bicyclic) bond motifs is 3. The van der Waals surface area contributed by atoms with Gasteiger partial charge in [-0.25, -0.2) is 0 Å². The van der Waals surface area contributed by atoms with Gasteiger partial charge >= 0.3 is 0 Å². The fraction of sp³-hybridized carbons (Fsp3) is 0.429. The smallest absolute Gasteiger partial charge is 0.129 e. The van der Waals surface area contributed by atoms with Crippen LogP contribution in [0.3, 0.4) is 0 Å². The number of aromatic hydroxyl groups is 2. The molecule has 1 aliphatic heterocycles. The molecule has 1 aliphatic carbocycles. The maximum absolute atomic E-state index is 10.2. The largest absolute Gasteiger partial charge is 0.508 e. The molecule has 4 heteroatoms. The summed E-state index contributed by atoms with van der Waals surface area (Å²) in [5.74, 6) is 2.22. The fourth-order valence-corrected chi connectivity index (χ4v) is 4.37. The SMILES string of the molecule is CCOCc1cc(O)cc2c1OC(c1ccc(O)cc1)C1CCCC21. The molecule has 0 aromatic heterocycles. The van der Waals surface area contributed by atoms with Gasteiger partial charge in [-0.05, 0) is 55.5 Å². The van der Waals surface area contributed by atoms with Gasteiger partial charge in [-0.15, -0.1) is 0 Å². The Morgan fingerprint density at radius 2 is 1.88 bits per heavy atom. The Kier molecular flexibility index (Phi) is 4.30. The van der Waals surface area contributed by atoms with Gasteiger partial charge in [0.05, 0.1) is 6.61 Å². The third-order valence-electron chi connectivity index (χ3n) is 5.47. The maximum atomic E-state index is 10.2. The van der Waals surface area contributed by atoms with Crippen molar-refractivity contribution in [3.63, 3.8) is 0 Å². The van der Waals surface area contributed by atoms with E-state index in [1.807, 2.05) is 25.1 Å². The molecule has 4 rings (SSSR count). The van der Waals surface area contributed by atoms with Crippen molar-refractivity contribution < 1.29 is 19.7 Å². The minimum Gasteiger partial charge on any atom is -0.508 e. The lowest BCUT2D eigenvalue weighted by Crippen LogP contribution is -2.27. The zero-order chi connectivity index (χ0) is 17.4. The molecule has 132 valence electrons. The van der Waals surface area contributed by atoms with Crippen LogP contribution in [-0.4, -0.2) is 16.8 Å². The molecular weight excluding hydrogens is 316 g/mol. The molecular formula is C21H24O4. The van der Waals surface area contributed by atoms with E-state index in [2.05, 4.69) is 0 Å². The summed E-state index contributed by atoms with van der Waals surface area (Å²) in [7, 11) is 0. The minimum atomic E-state index is -0.0227. The van der Waals surface area contributed by atoms with Crippen LogP contribution in [0.4, 0.5) is 0 Å². The molecule has 0 saturated heterocycles. The van der Waals surface area contributed by atoms with Crippen molar-refractivity contribution in [1.82, 2.24) is 0 Å². The highest BCUT2D eigenvalue weighted by atomic mass is 16.5. The summed E-state index contributed by atoms with van der Waals surface area (Å²) in [6.45, 7) is 3.02. The standard InChI is InChI=1S/C21H24O4/c1-2-24-12-14-10-16(23)11-19-17-4-3-5-18(17)20(25-21(14)19)13-6-8-15(22)9-7-13/h6-11,17-18,20,22-23H,2-5,12H2,1H3. The predicted molar refractivity (Wildman–Crippen MR) is 95.0 cm³/mol. The summed E-state index contributed by atoms with van der Waals surface area (Å²) in [4.78, 5) is 0. The lowest BCUT2D eigenvalue weighted by Gasteiger charge is -2.37. The molecule has 1 saturated carbocycles. The van der Waals surface area contributed by atoms with Crippen molar-refractivity contribution in [3.05, 3.63) is 53.1 Å². The first-order valence-electron chi connectivity index (χ1n) is 9.06. The van der Waals surface area contributed by atoms with Gasteiger partial charge < -0.3 is 19.7 Å². The molecule has 4 nitrogen and oxygen atoms in total. The Hall–Kier alpha value is -2.20. The zero-order valence-corrected chi connectivity index (χ0v) is 14.4. The number of benzene rings is 2. The topological polar surface area (TPSA) is 58.9 Å². The molecule has 2 aromatic rings. The van der Waals surface area contributed by atoms with Crippen LogP contribution in [0.1, 0.15) is 54.9 Å². The van der Waals surface area contributed by atoms with Gasteiger partial charge in [0, 0.05) is 23.7 Å². The van der Waals surface area contributed by atoms with Crippen molar-refractivity contribution in [2.24, 2.45) is 5.92 Å². The average Bonchev–Trinajstić information content (AvgIpc) is 3.10. The Labute approximate surface area is 148 Å². The summed E-state index contributed by atoms with van der Waals surface area (Å²) in [5.41, 5.74) is 3.12. The number of phenolic OH excluding ortho intramolecular Hbond substituents is 2. The quantitative estimate of drug-likeness (QED) is 0.850. The van der Waals surface area contributed by atoms with E-state index in [4.69, 9.17) is 9.47 Å². The first kappa shape index (κ1) is 16.3. The summed E-state index contributed by atoms with van der Waals surface area (Å²) >= 11 is 0. The predicted octanol–water partition coefficient (Wildman–Crippen LogP) is 4.65. The minimum absolute atomic E-state index is 0.0227. The molecule has 0 spiro atoms. The van der Waals surface area contributed by atoms with Crippen LogP contribution < -0.4 is 4.74 Å². The summed E-state index contributed by atoms with van der Waals surface area (Å²) in [5, 5.41) is 19.7. The second kappa shape index (κ2) is 6.60. The fourth-order valence-electron chi connectivity index (χ4n) is 4.37. The monoisotopic (exact) mass is 340 g/mol. The van der Waals surface area contributed by atoms with E-state index >= 15 is 0 Å². The van der Waals surface area contributed by atoms with Crippen molar-refractivity contribution in [2.45, 2.75) is 44.8 Å². The van der Waals surface area contributed by atoms with Crippen LogP contribution in [0, 0.1) is 5.92 Å². The van der Waals surface area contributed by atoms with Crippen molar-refractivity contribution in [2.75, 3.05) is 6.61 Å². The number of rotatable bonds is 4. The first-order valence-corrected chi connectivity index (χ1v) is 9.06. The molecule has 1 heterocycles. The molecule has 0 bridgehead atoms. The van der Waals surface area contributed by atoms with E-state index in [1.165, 1.54) is 6.42 Å². The van der Waals surface area contributed by atoms with E-state index in [-0.39, 0.29) is 17.6 Å². The van der Waals surface area contributed by atoms with Crippen LogP contribution in [0.25, 0.3) is 0 Å². The third kappa shape index (κ3) is 2.95. The summed E-state index contributed by atoms with van der Waals surface area (Å²) < 4.78 is 12.1. The molecule has 25 heavy (non-hydrogen) atoms. The van der Waals surface area contributed by atoms with Crippen molar-refractivity contribution >= 4 is 0 Å². The first-order chi connectivity index (χ1) is 12.2. The summed E-state index contributed by atoms with van der Waals surface area (Å²) in [6.07, 6.45) is 3.38. The van der Waals surface area contributed by atoms with Crippen molar-refractivity contribution in [1.29, 1.82) is 0 Å². The number of hydrogen-bond acceptors (Lipinski definition) is 4. The Bertz CT molecular complexity index is 753. The van der Waals surface area contributed by atoms with E-state index in [0.29, 0.717) is 25.0 Å². The van der Waals surface area contributed by atoms with Gasteiger partial charge in [-0.1, -0.05) is 18.6 Å². The average molecular weight is 340 g/mol. The molecule has 1 fully saturated rings.